The topological polar surface area (TPSA) is 106 Å². The van der Waals surface area contributed by atoms with Gasteiger partial charge in [-0.05, 0) is 17.5 Å². The van der Waals surface area contributed by atoms with Crippen molar-refractivity contribution in [2.24, 2.45) is 0 Å². The minimum Gasteiger partial charge on any atom is -0.396 e. The molecule has 8 heteroatoms. The highest BCUT2D eigenvalue weighted by molar-refractivity contribution is 5.58. The van der Waals surface area contributed by atoms with Crippen LogP contribution in [0.25, 0.3) is 11.4 Å². The zero-order chi connectivity index (χ0) is 23.0. The molecule has 0 aliphatic heterocycles. The third-order valence-corrected chi connectivity index (χ3v) is 5.32. The van der Waals surface area contributed by atoms with Crippen molar-refractivity contribution in [2.45, 2.75) is 19.0 Å². The van der Waals surface area contributed by atoms with Gasteiger partial charge in [-0.25, -0.2) is 0 Å². The van der Waals surface area contributed by atoms with E-state index >= 15 is 0 Å². The zero-order valence-electron chi connectivity index (χ0n) is 17.9. The van der Waals surface area contributed by atoms with Gasteiger partial charge < -0.3 is 9.63 Å². The van der Waals surface area contributed by atoms with Crippen LogP contribution in [0.4, 0.5) is 5.69 Å². The van der Waals surface area contributed by atoms with E-state index in [1.165, 1.54) is 12.1 Å². The van der Waals surface area contributed by atoms with Gasteiger partial charge in [-0.2, -0.15) is 4.98 Å². The summed E-state index contributed by atoms with van der Waals surface area (Å²) in [6.07, 6.45) is 0.585. The van der Waals surface area contributed by atoms with Crippen molar-refractivity contribution in [1.29, 1.82) is 0 Å². The standard InChI is InChI=1S/C25H24N4O4/c30-16-8-15-28(24(19-9-3-1-4-10-19)20-11-5-2-6-12-20)18-23-26-25(27-33-23)21-13-7-14-22(17-21)29(31)32/h1-7,9-14,17,24,30H,8,15-16,18H2. The Bertz CT molecular complexity index is 1140. The Morgan fingerprint density at radius 3 is 2.24 bits per heavy atom. The predicted octanol–water partition coefficient (Wildman–Crippen LogP) is 4.62. The number of hydrogen-bond acceptors (Lipinski definition) is 7. The second-order valence-corrected chi connectivity index (χ2v) is 7.59. The van der Waals surface area contributed by atoms with Gasteiger partial charge in [0.15, 0.2) is 0 Å². The summed E-state index contributed by atoms with van der Waals surface area (Å²) in [7, 11) is 0. The number of aliphatic hydroxyl groups is 1. The lowest BCUT2D eigenvalue weighted by Crippen LogP contribution is -2.31. The summed E-state index contributed by atoms with van der Waals surface area (Å²) < 4.78 is 5.52. The van der Waals surface area contributed by atoms with Crippen LogP contribution in [0.5, 0.6) is 0 Å². The molecule has 1 N–H and O–H groups in total. The van der Waals surface area contributed by atoms with E-state index in [-0.39, 0.29) is 18.3 Å². The lowest BCUT2D eigenvalue weighted by molar-refractivity contribution is -0.384. The van der Waals surface area contributed by atoms with Gasteiger partial charge in [0.25, 0.3) is 5.69 Å². The fourth-order valence-corrected chi connectivity index (χ4v) is 3.83. The number of non-ortho nitro benzene ring substituents is 1. The number of aromatic nitrogens is 2. The fourth-order valence-electron chi connectivity index (χ4n) is 3.83. The molecule has 0 saturated carbocycles. The summed E-state index contributed by atoms with van der Waals surface area (Å²) in [5.41, 5.74) is 2.71. The molecule has 0 aliphatic carbocycles. The van der Waals surface area contributed by atoms with Gasteiger partial charge in [-0.15, -0.1) is 0 Å². The number of benzene rings is 3. The predicted molar refractivity (Wildman–Crippen MR) is 123 cm³/mol. The van der Waals surface area contributed by atoms with Crippen molar-refractivity contribution in [1.82, 2.24) is 15.0 Å². The summed E-state index contributed by atoms with van der Waals surface area (Å²) >= 11 is 0. The molecule has 0 atom stereocenters. The van der Waals surface area contributed by atoms with Gasteiger partial charge in [-0.1, -0.05) is 78.0 Å². The molecular weight excluding hydrogens is 420 g/mol. The summed E-state index contributed by atoms with van der Waals surface area (Å²) in [6.45, 7) is 1.03. The third-order valence-electron chi connectivity index (χ3n) is 5.32. The van der Waals surface area contributed by atoms with Gasteiger partial charge in [0.05, 0.1) is 17.5 Å². The van der Waals surface area contributed by atoms with Crippen LogP contribution < -0.4 is 0 Å². The minimum absolute atomic E-state index is 0.0309. The van der Waals surface area contributed by atoms with Crippen molar-refractivity contribution in [3.8, 4) is 11.4 Å². The maximum atomic E-state index is 11.1. The highest BCUT2D eigenvalue weighted by atomic mass is 16.6. The second kappa shape index (κ2) is 10.6. The Morgan fingerprint density at radius 1 is 0.970 bits per heavy atom. The number of rotatable bonds is 10. The summed E-state index contributed by atoms with van der Waals surface area (Å²) in [4.78, 5) is 17.3. The molecule has 0 saturated heterocycles. The number of nitrogens with zero attached hydrogens (tertiary/aromatic N) is 4. The van der Waals surface area contributed by atoms with E-state index < -0.39 is 4.92 Å². The highest BCUT2D eigenvalue weighted by Gasteiger charge is 2.24. The Labute approximate surface area is 191 Å². The lowest BCUT2D eigenvalue weighted by Gasteiger charge is -2.31. The molecule has 3 aromatic carbocycles. The largest absolute Gasteiger partial charge is 0.396 e. The maximum absolute atomic E-state index is 11.1. The fraction of sp³-hybridized carbons (Fsp3) is 0.200. The van der Waals surface area contributed by atoms with E-state index in [0.29, 0.717) is 36.8 Å². The average molecular weight is 444 g/mol. The SMILES string of the molecule is O=[N+]([O-])c1cccc(-c2noc(CN(CCCO)C(c3ccccc3)c3ccccc3)n2)c1. The van der Waals surface area contributed by atoms with Crippen molar-refractivity contribution in [2.75, 3.05) is 13.2 Å². The minimum atomic E-state index is -0.453. The van der Waals surface area contributed by atoms with E-state index in [2.05, 4.69) is 39.3 Å². The van der Waals surface area contributed by atoms with Gasteiger partial charge in [0, 0.05) is 30.8 Å². The number of nitro groups is 1. The first-order valence-corrected chi connectivity index (χ1v) is 10.7. The number of aliphatic hydroxyl groups excluding tert-OH is 1. The number of hydrogen-bond donors (Lipinski definition) is 1. The quantitative estimate of drug-likeness (QED) is 0.281. The molecule has 0 fully saturated rings. The zero-order valence-corrected chi connectivity index (χ0v) is 17.9. The normalized spacial score (nSPS) is 11.2. The van der Waals surface area contributed by atoms with Crippen LogP contribution in [0.3, 0.4) is 0 Å². The van der Waals surface area contributed by atoms with Crippen LogP contribution in [0, 0.1) is 10.1 Å². The Hall–Kier alpha value is -3.88. The molecule has 0 bridgehead atoms. The monoisotopic (exact) mass is 444 g/mol. The van der Waals surface area contributed by atoms with Crippen LogP contribution in [-0.4, -0.2) is 38.2 Å². The molecule has 1 aromatic heterocycles. The molecule has 168 valence electrons. The van der Waals surface area contributed by atoms with E-state index in [9.17, 15) is 15.2 Å². The molecule has 0 aliphatic rings. The van der Waals surface area contributed by atoms with Crippen molar-refractivity contribution in [3.63, 3.8) is 0 Å². The molecule has 0 unspecified atom stereocenters. The van der Waals surface area contributed by atoms with Crippen LogP contribution >= 0.6 is 0 Å². The van der Waals surface area contributed by atoms with Gasteiger partial charge in [0.1, 0.15) is 0 Å². The Kier molecular flexibility index (Phi) is 7.19. The van der Waals surface area contributed by atoms with E-state index in [4.69, 9.17) is 4.52 Å². The van der Waals surface area contributed by atoms with Crippen molar-refractivity contribution < 1.29 is 14.6 Å². The second-order valence-electron chi connectivity index (χ2n) is 7.59. The molecule has 8 nitrogen and oxygen atoms in total. The Morgan fingerprint density at radius 2 is 1.64 bits per heavy atom. The Balaban J connectivity index is 1.65. The average Bonchev–Trinajstić information content (AvgIpc) is 3.32. The number of nitro benzene ring substituents is 1. The maximum Gasteiger partial charge on any atom is 0.270 e. The summed E-state index contributed by atoms with van der Waals surface area (Å²) in [6, 6.07) is 26.3. The van der Waals surface area contributed by atoms with Gasteiger partial charge >= 0.3 is 0 Å². The summed E-state index contributed by atoms with van der Waals surface area (Å²) in [5, 5.41) is 24.6. The van der Waals surface area contributed by atoms with Crippen LogP contribution in [-0.2, 0) is 6.54 Å². The summed E-state index contributed by atoms with van der Waals surface area (Å²) in [5.74, 6) is 0.693. The molecule has 0 amide bonds. The van der Waals surface area contributed by atoms with Crippen molar-refractivity contribution >= 4 is 5.69 Å². The first-order valence-electron chi connectivity index (χ1n) is 10.7. The molecule has 1 heterocycles. The van der Waals surface area contributed by atoms with Crippen LogP contribution in [0.2, 0.25) is 0 Å². The van der Waals surface area contributed by atoms with Crippen LogP contribution in [0.15, 0.2) is 89.5 Å². The molecule has 0 spiro atoms. The van der Waals surface area contributed by atoms with Gasteiger partial charge in [0.2, 0.25) is 11.7 Å². The van der Waals surface area contributed by atoms with Gasteiger partial charge in [-0.3, -0.25) is 15.0 Å². The first kappa shape index (κ1) is 22.3. The molecule has 4 aromatic rings. The molecule has 33 heavy (non-hydrogen) atoms. The van der Waals surface area contributed by atoms with Crippen LogP contribution in [0.1, 0.15) is 29.5 Å². The smallest absolute Gasteiger partial charge is 0.270 e. The molecular formula is C25H24N4O4. The lowest BCUT2D eigenvalue weighted by atomic mass is 9.96. The molecule has 4 rings (SSSR count). The van der Waals surface area contributed by atoms with Crippen molar-refractivity contribution in [3.05, 3.63) is 112 Å². The molecule has 0 radical (unpaired) electrons. The van der Waals surface area contributed by atoms with E-state index in [1.807, 2.05) is 36.4 Å². The first-order chi connectivity index (χ1) is 16.2. The van der Waals surface area contributed by atoms with E-state index in [0.717, 1.165) is 11.1 Å². The third kappa shape index (κ3) is 5.49. The highest BCUT2D eigenvalue weighted by Crippen LogP contribution is 2.30. The van der Waals surface area contributed by atoms with E-state index in [1.54, 1.807) is 12.1 Å².